The number of carbonyl (C=O) groups excluding carboxylic acids is 3. The quantitative estimate of drug-likeness (QED) is 0.727. The number of aromatic nitrogens is 2. The Kier molecular flexibility index (Phi) is 7.56. The average molecular weight is 454 g/mol. The van der Waals surface area contributed by atoms with Crippen molar-refractivity contribution in [3.8, 4) is 5.69 Å². The van der Waals surface area contributed by atoms with Gasteiger partial charge in [0.05, 0.1) is 11.4 Å². The highest BCUT2D eigenvalue weighted by molar-refractivity contribution is 5.90. The maximum Gasteiger partial charge on any atom is 0.225 e. The van der Waals surface area contributed by atoms with Gasteiger partial charge in [-0.3, -0.25) is 14.4 Å². The SMILES string of the molecule is CC(=O)N1CCN(C(=O)CCCC(=O)Nc2cc(C(C)(C)C)nn2-c2ccc(C)cc2)CC1. The van der Waals surface area contributed by atoms with Crippen LogP contribution in [0.25, 0.3) is 5.69 Å². The molecule has 0 spiro atoms. The number of hydrogen-bond acceptors (Lipinski definition) is 4. The van der Waals surface area contributed by atoms with Crippen LogP contribution in [0, 0.1) is 6.92 Å². The molecular formula is C25H35N5O3. The predicted molar refractivity (Wildman–Crippen MR) is 128 cm³/mol. The van der Waals surface area contributed by atoms with Crippen molar-refractivity contribution in [1.82, 2.24) is 19.6 Å². The molecule has 1 aromatic carbocycles. The third-order valence-corrected chi connectivity index (χ3v) is 5.90. The topological polar surface area (TPSA) is 87.5 Å². The van der Waals surface area contributed by atoms with Gasteiger partial charge in [0.15, 0.2) is 0 Å². The van der Waals surface area contributed by atoms with Crippen LogP contribution in [-0.2, 0) is 19.8 Å². The molecule has 1 N–H and O–H groups in total. The number of nitrogens with one attached hydrogen (secondary N) is 1. The standard InChI is InChI=1S/C25H35N5O3/c1-18-9-11-20(12-10-18)30-22(17-21(27-30)25(3,4)5)26-23(32)7-6-8-24(33)29-15-13-28(14-16-29)19(2)31/h9-12,17H,6-8,13-16H2,1-5H3,(H,26,32). The first-order chi connectivity index (χ1) is 15.5. The van der Waals surface area contributed by atoms with Crippen LogP contribution in [0.1, 0.15) is 58.2 Å². The lowest BCUT2D eigenvalue weighted by Crippen LogP contribution is -2.50. The van der Waals surface area contributed by atoms with E-state index in [0.29, 0.717) is 44.8 Å². The van der Waals surface area contributed by atoms with Gasteiger partial charge in [-0.1, -0.05) is 38.5 Å². The molecule has 2 heterocycles. The van der Waals surface area contributed by atoms with Gasteiger partial charge in [0.2, 0.25) is 17.7 Å². The number of carbonyl (C=O) groups is 3. The summed E-state index contributed by atoms with van der Waals surface area (Å²) < 4.78 is 1.76. The van der Waals surface area contributed by atoms with Crippen molar-refractivity contribution in [3.63, 3.8) is 0 Å². The second-order valence-corrected chi connectivity index (χ2v) is 9.70. The Bertz CT molecular complexity index is 996. The number of amides is 3. The molecule has 1 fully saturated rings. The third kappa shape index (κ3) is 6.43. The Morgan fingerprint density at radius 3 is 2.15 bits per heavy atom. The fourth-order valence-corrected chi connectivity index (χ4v) is 3.75. The van der Waals surface area contributed by atoms with Crippen molar-refractivity contribution in [2.75, 3.05) is 31.5 Å². The van der Waals surface area contributed by atoms with Gasteiger partial charge in [-0.2, -0.15) is 5.10 Å². The van der Waals surface area contributed by atoms with Crippen LogP contribution in [0.4, 0.5) is 5.82 Å². The normalized spacial score (nSPS) is 14.3. The minimum atomic E-state index is -0.158. The highest BCUT2D eigenvalue weighted by atomic mass is 16.2. The second kappa shape index (κ2) is 10.2. The molecule has 178 valence electrons. The molecule has 2 aromatic rings. The predicted octanol–water partition coefficient (Wildman–Crippen LogP) is 3.28. The molecule has 1 aliphatic rings. The first-order valence-electron chi connectivity index (χ1n) is 11.6. The van der Waals surface area contributed by atoms with Gasteiger partial charge >= 0.3 is 0 Å². The highest BCUT2D eigenvalue weighted by Gasteiger charge is 2.23. The summed E-state index contributed by atoms with van der Waals surface area (Å²) in [4.78, 5) is 40.1. The van der Waals surface area contributed by atoms with Crippen LogP contribution in [0.3, 0.4) is 0 Å². The molecule has 0 radical (unpaired) electrons. The molecule has 1 aromatic heterocycles. The van der Waals surface area contributed by atoms with Crippen LogP contribution in [0.2, 0.25) is 0 Å². The lowest BCUT2D eigenvalue weighted by atomic mass is 9.92. The number of aryl methyl sites for hydroxylation is 1. The molecule has 1 saturated heterocycles. The number of piperazine rings is 1. The lowest BCUT2D eigenvalue weighted by Gasteiger charge is -2.34. The zero-order valence-electron chi connectivity index (χ0n) is 20.4. The van der Waals surface area contributed by atoms with E-state index in [1.165, 1.54) is 0 Å². The summed E-state index contributed by atoms with van der Waals surface area (Å²) in [7, 11) is 0. The first kappa shape index (κ1) is 24.5. The summed E-state index contributed by atoms with van der Waals surface area (Å²) in [5, 5.41) is 7.72. The van der Waals surface area contributed by atoms with Crippen LogP contribution in [0.15, 0.2) is 30.3 Å². The van der Waals surface area contributed by atoms with E-state index in [4.69, 9.17) is 5.10 Å². The molecule has 8 heteroatoms. The number of hydrogen-bond donors (Lipinski definition) is 1. The molecule has 0 atom stereocenters. The second-order valence-electron chi connectivity index (χ2n) is 9.70. The summed E-state index contributed by atoms with van der Waals surface area (Å²) in [6.07, 6.45) is 1.05. The zero-order chi connectivity index (χ0) is 24.2. The Morgan fingerprint density at radius 1 is 0.970 bits per heavy atom. The minimum absolute atomic E-state index is 0.0331. The maximum absolute atomic E-state index is 12.7. The van der Waals surface area contributed by atoms with Crippen LogP contribution in [0.5, 0.6) is 0 Å². The van der Waals surface area contributed by atoms with E-state index >= 15 is 0 Å². The summed E-state index contributed by atoms with van der Waals surface area (Å²) in [5.41, 5.74) is 2.76. The van der Waals surface area contributed by atoms with Gasteiger partial charge in [0.1, 0.15) is 5.82 Å². The molecule has 3 rings (SSSR count). The molecule has 8 nitrogen and oxygen atoms in total. The largest absolute Gasteiger partial charge is 0.339 e. The Morgan fingerprint density at radius 2 is 1.58 bits per heavy atom. The van der Waals surface area contributed by atoms with E-state index in [0.717, 1.165) is 16.9 Å². The van der Waals surface area contributed by atoms with Crippen LogP contribution >= 0.6 is 0 Å². The van der Waals surface area contributed by atoms with E-state index < -0.39 is 0 Å². The fourth-order valence-electron chi connectivity index (χ4n) is 3.75. The highest BCUT2D eigenvalue weighted by Crippen LogP contribution is 2.26. The molecule has 33 heavy (non-hydrogen) atoms. The Hall–Kier alpha value is -3.16. The average Bonchev–Trinajstić information content (AvgIpc) is 3.18. The van der Waals surface area contributed by atoms with Gasteiger partial charge in [-0.15, -0.1) is 0 Å². The summed E-state index contributed by atoms with van der Waals surface area (Å²) in [6, 6.07) is 9.91. The van der Waals surface area contributed by atoms with Gasteiger partial charge in [-0.25, -0.2) is 4.68 Å². The molecule has 0 unspecified atom stereocenters. The van der Waals surface area contributed by atoms with Crippen LogP contribution < -0.4 is 5.32 Å². The number of anilines is 1. The first-order valence-corrected chi connectivity index (χ1v) is 11.6. The van der Waals surface area contributed by atoms with E-state index in [1.807, 2.05) is 37.3 Å². The zero-order valence-corrected chi connectivity index (χ0v) is 20.4. The fraction of sp³-hybridized carbons (Fsp3) is 0.520. The molecule has 0 saturated carbocycles. The third-order valence-electron chi connectivity index (χ3n) is 5.90. The Balaban J connectivity index is 1.57. The van der Waals surface area contributed by atoms with Crippen LogP contribution in [-0.4, -0.2) is 63.5 Å². The molecule has 1 aliphatic heterocycles. The summed E-state index contributed by atoms with van der Waals surface area (Å²) in [6.45, 7) is 12.1. The molecular weight excluding hydrogens is 418 g/mol. The molecule has 0 aliphatic carbocycles. The van der Waals surface area contributed by atoms with E-state index in [1.54, 1.807) is 21.4 Å². The van der Waals surface area contributed by atoms with Gasteiger partial charge in [0, 0.05) is 57.4 Å². The maximum atomic E-state index is 12.7. The summed E-state index contributed by atoms with van der Waals surface area (Å²) in [5.74, 6) is 0.558. The number of nitrogens with zero attached hydrogens (tertiary/aromatic N) is 4. The van der Waals surface area contributed by atoms with Crippen molar-refractivity contribution < 1.29 is 14.4 Å². The van der Waals surface area contributed by atoms with Gasteiger partial charge in [-0.05, 0) is 25.5 Å². The monoisotopic (exact) mass is 453 g/mol. The van der Waals surface area contributed by atoms with Crippen molar-refractivity contribution >= 4 is 23.5 Å². The van der Waals surface area contributed by atoms with Crippen molar-refractivity contribution in [2.45, 2.75) is 59.3 Å². The summed E-state index contributed by atoms with van der Waals surface area (Å²) >= 11 is 0. The van der Waals surface area contributed by atoms with E-state index in [-0.39, 0.29) is 29.6 Å². The number of benzene rings is 1. The number of rotatable bonds is 6. The minimum Gasteiger partial charge on any atom is -0.339 e. The van der Waals surface area contributed by atoms with Crippen molar-refractivity contribution in [1.29, 1.82) is 0 Å². The van der Waals surface area contributed by atoms with Crippen molar-refractivity contribution in [2.24, 2.45) is 0 Å². The van der Waals surface area contributed by atoms with Crippen molar-refractivity contribution in [3.05, 3.63) is 41.6 Å². The van der Waals surface area contributed by atoms with Gasteiger partial charge < -0.3 is 15.1 Å². The van der Waals surface area contributed by atoms with E-state index in [2.05, 4.69) is 26.1 Å². The Labute approximate surface area is 195 Å². The lowest BCUT2D eigenvalue weighted by molar-refractivity contribution is -0.138. The molecule has 0 bridgehead atoms. The van der Waals surface area contributed by atoms with Gasteiger partial charge in [0.25, 0.3) is 0 Å². The molecule has 3 amide bonds. The van der Waals surface area contributed by atoms with E-state index in [9.17, 15) is 14.4 Å². The smallest absolute Gasteiger partial charge is 0.225 e.